The zero-order valence-corrected chi connectivity index (χ0v) is 11.6. The van der Waals surface area contributed by atoms with Crippen LogP contribution in [0.3, 0.4) is 0 Å². The Morgan fingerprint density at radius 3 is 2.79 bits per heavy atom. The van der Waals surface area contributed by atoms with E-state index in [4.69, 9.17) is 0 Å². The van der Waals surface area contributed by atoms with Gasteiger partial charge in [-0.3, -0.25) is 4.98 Å². The van der Waals surface area contributed by atoms with Gasteiger partial charge in [-0.2, -0.15) is 0 Å². The highest BCUT2D eigenvalue weighted by molar-refractivity contribution is 9.10. The molecule has 4 nitrogen and oxygen atoms in total. The second-order valence-corrected chi connectivity index (χ2v) is 4.55. The van der Waals surface area contributed by atoms with Gasteiger partial charge in [0, 0.05) is 16.9 Å². The van der Waals surface area contributed by atoms with Crippen LogP contribution in [0.4, 0.5) is 10.5 Å². The summed E-state index contributed by atoms with van der Waals surface area (Å²) in [6.07, 6.45) is 6.63. The van der Waals surface area contributed by atoms with Gasteiger partial charge >= 0.3 is 6.03 Å². The normalized spacial score (nSPS) is 10.4. The fourth-order valence-electron chi connectivity index (χ4n) is 1.42. The van der Waals surface area contributed by atoms with Crippen molar-refractivity contribution in [3.63, 3.8) is 0 Å². The van der Waals surface area contributed by atoms with Gasteiger partial charge in [0.15, 0.2) is 0 Å². The van der Waals surface area contributed by atoms with Gasteiger partial charge in [0.25, 0.3) is 0 Å². The SMILES string of the molecule is O=C(N/C=C/c1ccccc1Br)Nc1cccnc1. The number of aromatic nitrogens is 1. The molecule has 19 heavy (non-hydrogen) atoms. The van der Waals surface area contributed by atoms with Gasteiger partial charge in [0.2, 0.25) is 0 Å². The number of nitrogens with zero attached hydrogens (tertiary/aromatic N) is 1. The van der Waals surface area contributed by atoms with Crippen LogP contribution in [0.25, 0.3) is 6.08 Å². The minimum Gasteiger partial charge on any atom is -0.314 e. The van der Waals surface area contributed by atoms with E-state index in [0.29, 0.717) is 5.69 Å². The van der Waals surface area contributed by atoms with E-state index in [1.165, 1.54) is 0 Å². The monoisotopic (exact) mass is 317 g/mol. The Hall–Kier alpha value is -2.14. The van der Waals surface area contributed by atoms with E-state index in [9.17, 15) is 4.79 Å². The van der Waals surface area contributed by atoms with Crippen LogP contribution < -0.4 is 10.6 Å². The number of pyridine rings is 1. The molecule has 0 saturated carbocycles. The van der Waals surface area contributed by atoms with E-state index in [1.807, 2.05) is 30.3 Å². The number of rotatable bonds is 3. The molecule has 0 aliphatic rings. The molecule has 2 rings (SSSR count). The van der Waals surface area contributed by atoms with Gasteiger partial charge in [-0.25, -0.2) is 4.79 Å². The molecule has 0 aliphatic carbocycles. The van der Waals surface area contributed by atoms with Crippen molar-refractivity contribution in [1.82, 2.24) is 10.3 Å². The largest absolute Gasteiger partial charge is 0.323 e. The molecular formula is C14H12BrN3O. The van der Waals surface area contributed by atoms with Crippen molar-refractivity contribution in [3.05, 3.63) is 65.0 Å². The highest BCUT2D eigenvalue weighted by atomic mass is 79.9. The van der Waals surface area contributed by atoms with E-state index in [0.717, 1.165) is 10.0 Å². The second kappa shape index (κ2) is 6.70. The molecule has 0 fully saturated rings. The average Bonchev–Trinajstić information content (AvgIpc) is 2.42. The van der Waals surface area contributed by atoms with Crippen molar-refractivity contribution < 1.29 is 4.79 Å². The number of nitrogens with one attached hydrogen (secondary N) is 2. The molecule has 96 valence electrons. The topological polar surface area (TPSA) is 54.0 Å². The molecule has 0 radical (unpaired) electrons. The Balaban J connectivity index is 1.89. The maximum Gasteiger partial charge on any atom is 0.323 e. The Bertz CT molecular complexity index is 584. The summed E-state index contributed by atoms with van der Waals surface area (Å²) in [5.74, 6) is 0. The molecule has 0 aliphatic heterocycles. The van der Waals surface area contributed by atoms with Crippen molar-refractivity contribution in [2.24, 2.45) is 0 Å². The lowest BCUT2D eigenvalue weighted by atomic mass is 10.2. The van der Waals surface area contributed by atoms with Crippen LogP contribution in [0.15, 0.2) is 59.5 Å². The molecule has 2 N–H and O–H groups in total. The number of hydrogen-bond donors (Lipinski definition) is 2. The van der Waals surface area contributed by atoms with Crippen molar-refractivity contribution in [1.29, 1.82) is 0 Å². The minimum atomic E-state index is -0.309. The lowest BCUT2D eigenvalue weighted by Gasteiger charge is -2.03. The fraction of sp³-hybridized carbons (Fsp3) is 0. The highest BCUT2D eigenvalue weighted by Gasteiger charge is 1.98. The molecule has 1 aromatic carbocycles. The highest BCUT2D eigenvalue weighted by Crippen LogP contribution is 2.16. The molecular weight excluding hydrogens is 306 g/mol. The molecule has 0 spiro atoms. The number of amides is 2. The number of urea groups is 1. The third-order valence-corrected chi connectivity index (χ3v) is 3.02. The van der Waals surface area contributed by atoms with Crippen molar-refractivity contribution in [2.45, 2.75) is 0 Å². The van der Waals surface area contributed by atoms with E-state index in [2.05, 4.69) is 31.5 Å². The van der Waals surface area contributed by atoms with Crippen LogP contribution in [-0.4, -0.2) is 11.0 Å². The number of anilines is 1. The maximum atomic E-state index is 11.6. The van der Waals surface area contributed by atoms with Gasteiger partial charge in [0.1, 0.15) is 0 Å². The summed E-state index contributed by atoms with van der Waals surface area (Å²) in [6, 6.07) is 11.0. The maximum absolute atomic E-state index is 11.6. The van der Waals surface area contributed by atoms with Gasteiger partial charge in [0.05, 0.1) is 11.9 Å². The van der Waals surface area contributed by atoms with Crippen LogP contribution in [0.5, 0.6) is 0 Å². The Morgan fingerprint density at radius 1 is 1.21 bits per heavy atom. The lowest BCUT2D eigenvalue weighted by molar-refractivity contribution is 0.255. The molecule has 1 heterocycles. The zero-order valence-electron chi connectivity index (χ0n) is 10.0. The van der Waals surface area contributed by atoms with E-state index >= 15 is 0 Å². The van der Waals surface area contributed by atoms with E-state index in [-0.39, 0.29) is 6.03 Å². The molecule has 0 atom stereocenters. The molecule has 1 aromatic heterocycles. The number of carbonyl (C=O) groups excluding carboxylic acids is 1. The molecule has 5 heteroatoms. The summed E-state index contributed by atoms with van der Waals surface area (Å²) in [5.41, 5.74) is 1.64. The Morgan fingerprint density at radius 2 is 2.05 bits per heavy atom. The van der Waals surface area contributed by atoms with Crippen LogP contribution in [0, 0.1) is 0 Å². The summed E-state index contributed by atoms with van der Waals surface area (Å²) < 4.78 is 0.973. The third-order valence-electron chi connectivity index (χ3n) is 2.30. The predicted octanol–water partition coefficient (Wildman–Crippen LogP) is 3.64. The molecule has 2 amide bonds. The van der Waals surface area contributed by atoms with E-state index in [1.54, 1.807) is 30.7 Å². The summed E-state index contributed by atoms with van der Waals surface area (Å²) in [6.45, 7) is 0. The van der Waals surface area contributed by atoms with Crippen molar-refractivity contribution >= 4 is 33.7 Å². The van der Waals surface area contributed by atoms with Gasteiger partial charge in [-0.05, 0) is 29.8 Å². The standard InChI is InChI=1S/C14H12BrN3O/c15-13-6-2-1-4-11(13)7-9-17-14(19)18-12-5-3-8-16-10-12/h1-10H,(H2,17,18,19)/b9-7+. The molecule has 0 saturated heterocycles. The minimum absolute atomic E-state index is 0.309. The number of halogens is 1. The number of carbonyl (C=O) groups is 1. The first-order valence-corrected chi connectivity index (χ1v) is 6.43. The average molecular weight is 318 g/mol. The van der Waals surface area contributed by atoms with Gasteiger partial charge in [-0.15, -0.1) is 0 Å². The van der Waals surface area contributed by atoms with Crippen LogP contribution in [0.2, 0.25) is 0 Å². The van der Waals surface area contributed by atoms with E-state index < -0.39 is 0 Å². The smallest absolute Gasteiger partial charge is 0.314 e. The number of hydrogen-bond acceptors (Lipinski definition) is 2. The van der Waals surface area contributed by atoms with Crippen molar-refractivity contribution in [2.75, 3.05) is 5.32 Å². The van der Waals surface area contributed by atoms with Crippen molar-refractivity contribution in [3.8, 4) is 0 Å². The molecule has 2 aromatic rings. The summed E-state index contributed by atoms with van der Waals surface area (Å²) in [4.78, 5) is 15.5. The zero-order chi connectivity index (χ0) is 13.5. The third kappa shape index (κ3) is 4.22. The lowest BCUT2D eigenvalue weighted by Crippen LogP contribution is -2.23. The summed E-state index contributed by atoms with van der Waals surface area (Å²) in [5, 5.41) is 5.29. The summed E-state index contributed by atoms with van der Waals surface area (Å²) >= 11 is 3.43. The quantitative estimate of drug-likeness (QED) is 0.908. The van der Waals surface area contributed by atoms with Gasteiger partial charge < -0.3 is 10.6 Å². The number of benzene rings is 1. The summed E-state index contributed by atoms with van der Waals surface area (Å²) in [7, 11) is 0. The molecule has 0 bridgehead atoms. The first-order valence-electron chi connectivity index (χ1n) is 5.64. The fourth-order valence-corrected chi connectivity index (χ4v) is 1.84. The second-order valence-electron chi connectivity index (χ2n) is 3.70. The first-order chi connectivity index (χ1) is 9.25. The Labute approximate surface area is 119 Å². The molecule has 0 unspecified atom stereocenters. The predicted molar refractivity (Wildman–Crippen MR) is 79.6 cm³/mol. The van der Waals surface area contributed by atoms with Crippen LogP contribution >= 0.6 is 15.9 Å². The van der Waals surface area contributed by atoms with Gasteiger partial charge in [-0.1, -0.05) is 34.1 Å². The van der Waals surface area contributed by atoms with Crippen LogP contribution in [0.1, 0.15) is 5.56 Å². The Kier molecular flexibility index (Phi) is 4.69. The van der Waals surface area contributed by atoms with Crippen LogP contribution in [-0.2, 0) is 0 Å². The first kappa shape index (κ1) is 13.3.